The van der Waals surface area contributed by atoms with Crippen molar-refractivity contribution >= 4 is 48.3 Å². The molecule has 0 bridgehead atoms. The maximum atomic E-state index is 4.60. The van der Waals surface area contributed by atoms with Crippen molar-refractivity contribution < 1.29 is 0 Å². The van der Waals surface area contributed by atoms with Crippen LogP contribution in [0, 0.1) is 13.8 Å². The van der Waals surface area contributed by atoms with Gasteiger partial charge in [0.15, 0.2) is 5.13 Å². The molecule has 0 aliphatic carbocycles. The van der Waals surface area contributed by atoms with Crippen LogP contribution < -0.4 is 5.32 Å². The third kappa shape index (κ3) is 2.80. The van der Waals surface area contributed by atoms with E-state index in [0.717, 1.165) is 20.8 Å². The highest BCUT2D eigenvalue weighted by Crippen LogP contribution is 2.30. The first-order chi connectivity index (χ1) is 9.10. The second kappa shape index (κ2) is 4.94. The van der Waals surface area contributed by atoms with Gasteiger partial charge in [0.1, 0.15) is 0 Å². The van der Waals surface area contributed by atoms with E-state index in [2.05, 4.69) is 64.3 Å². The number of halogens is 1. The average Bonchev–Trinajstić information content (AvgIpc) is 2.68. The van der Waals surface area contributed by atoms with Crippen molar-refractivity contribution in [3.63, 3.8) is 0 Å². The molecule has 2 aromatic carbocycles. The summed E-state index contributed by atoms with van der Waals surface area (Å²) in [5, 5.41) is 4.32. The number of aromatic nitrogens is 1. The van der Waals surface area contributed by atoms with Gasteiger partial charge in [0.05, 0.1) is 10.2 Å². The van der Waals surface area contributed by atoms with E-state index in [1.54, 1.807) is 11.3 Å². The van der Waals surface area contributed by atoms with Gasteiger partial charge in [-0.3, -0.25) is 0 Å². The molecule has 0 spiro atoms. The van der Waals surface area contributed by atoms with Crippen molar-refractivity contribution in [1.29, 1.82) is 0 Å². The van der Waals surface area contributed by atoms with Gasteiger partial charge in [-0.15, -0.1) is 0 Å². The fourth-order valence-corrected chi connectivity index (χ4v) is 3.56. The van der Waals surface area contributed by atoms with E-state index < -0.39 is 0 Å². The molecule has 0 atom stereocenters. The SMILES string of the molecule is Cc1cc(C)cc(Nc2nc3ccc(Br)cc3s2)c1. The van der Waals surface area contributed by atoms with E-state index in [4.69, 9.17) is 0 Å². The number of nitrogens with one attached hydrogen (secondary N) is 1. The number of anilines is 2. The standard InChI is InChI=1S/C15H13BrN2S/c1-9-5-10(2)7-12(6-9)17-15-18-13-4-3-11(16)8-14(13)19-15/h3-8H,1-2H3,(H,17,18). The summed E-state index contributed by atoms with van der Waals surface area (Å²) in [4.78, 5) is 4.60. The molecule has 19 heavy (non-hydrogen) atoms. The molecule has 0 aliphatic rings. The first-order valence-electron chi connectivity index (χ1n) is 6.01. The van der Waals surface area contributed by atoms with Crippen molar-refractivity contribution in [2.75, 3.05) is 5.32 Å². The Hall–Kier alpha value is -1.39. The van der Waals surface area contributed by atoms with Gasteiger partial charge >= 0.3 is 0 Å². The van der Waals surface area contributed by atoms with Crippen molar-refractivity contribution in [2.24, 2.45) is 0 Å². The Bertz CT molecular complexity index is 729. The average molecular weight is 333 g/mol. The lowest BCUT2D eigenvalue weighted by atomic mass is 10.1. The second-order valence-corrected chi connectivity index (χ2v) is 6.58. The molecular weight excluding hydrogens is 320 g/mol. The first-order valence-corrected chi connectivity index (χ1v) is 7.62. The fourth-order valence-electron chi connectivity index (χ4n) is 2.12. The van der Waals surface area contributed by atoms with Crippen molar-refractivity contribution in [3.8, 4) is 0 Å². The molecular formula is C15H13BrN2S. The van der Waals surface area contributed by atoms with E-state index >= 15 is 0 Å². The minimum absolute atomic E-state index is 0.929. The van der Waals surface area contributed by atoms with Crippen molar-refractivity contribution in [3.05, 3.63) is 52.0 Å². The molecule has 0 radical (unpaired) electrons. The molecule has 0 saturated heterocycles. The van der Waals surface area contributed by atoms with Gasteiger partial charge < -0.3 is 5.32 Å². The monoisotopic (exact) mass is 332 g/mol. The topological polar surface area (TPSA) is 24.9 Å². The number of rotatable bonds is 2. The summed E-state index contributed by atoms with van der Waals surface area (Å²) in [6.45, 7) is 4.21. The van der Waals surface area contributed by atoms with Crippen LogP contribution in [0.1, 0.15) is 11.1 Å². The van der Waals surface area contributed by atoms with Gasteiger partial charge in [0.2, 0.25) is 0 Å². The van der Waals surface area contributed by atoms with Crippen LogP contribution in [0.5, 0.6) is 0 Å². The molecule has 0 saturated carbocycles. The van der Waals surface area contributed by atoms with Crippen LogP contribution in [-0.2, 0) is 0 Å². The number of fused-ring (bicyclic) bond motifs is 1. The van der Waals surface area contributed by atoms with Crippen molar-refractivity contribution in [2.45, 2.75) is 13.8 Å². The summed E-state index contributed by atoms with van der Waals surface area (Å²) in [5.74, 6) is 0. The summed E-state index contributed by atoms with van der Waals surface area (Å²) in [6.07, 6.45) is 0. The zero-order valence-corrected chi connectivity index (χ0v) is 13.1. The number of aryl methyl sites for hydroxylation is 2. The highest BCUT2D eigenvalue weighted by molar-refractivity contribution is 9.10. The lowest BCUT2D eigenvalue weighted by Crippen LogP contribution is -1.90. The third-order valence-electron chi connectivity index (χ3n) is 2.82. The van der Waals surface area contributed by atoms with E-state index in [9.17, 15) is 0 Å². The summed E-state index contributed by atoms with van der Waals surface area (Å²) in [7, 11) is 0. The number of hydrogen-bond acceptors (Lipinski definition) is 3. The fraction of sp³-hybridized carbons (Fsp3) is 0.133. The van der Waals surface area contributed by atoms with Crippen LogP contribution in [0.2, 0.25) is 0 Å². The number of benzene rings is 2. The number of thiazole rings is 1. The van der Waals surface area contributed by atoms with Crippen LogP contribution in [0.25, 0.3) is 10.2 Å². The maximum Gasteiger partial charge on any atom is 0.188 e. The Morgan fingerprint density at radius 2 is 1.79 bits per heavy atom. The highest BCUT2D eigenvalue weighted by Gasteiger charge is 2.05. The highest BCUT2D eigenvalue weighted by atomic mass is 79.9. The smallest absolute Gasteiger partial charge is 0.188 e. The maximum absolute atomic E-state index is 4.60. The molecule has 3 aromatic rings. The normalized spacial score (nSPS) is 10.9. The Morgan fingerprint density at radius 3 is 2.53 bits per heavy atom. The predicted octanol–water partition coefficient (Wildman–Crippen LogP) is 5.42. The van der Waals surface area contributed by atoms with Crippen LogP contribution in [0.4, 0.5) is 10.8 Å². The summed E-state index contributed by atoms with van der Waals surface area (Å²) in [6, 6.07) is 12.6. The first kappa shape index (κ1) is 12.6. The zero-order chi connectivity index (χ0) is 13.4. The van der Waals surface area contributed by atoms with Gasteiger partial charge in [0, 0.05) is 10.2 Å². The molecule has 1 N–H and O–H groups in total. The molecule has 4 heteroatoms. The van der Waals surface area contributed by atoms with Gasteiger partial charge in [-0.25, -0.2) is 4.98 Å². The van der Waals surface area contributed by atoms with Gasteiger partial charge in [-0.1, -0.05) is 33.3 Å². The molecule has 1 aromatic heterocycles. The lowest BCUT2D eigenvalue weighted by molar-refractivity contribution is 1.36. The van der Waals surface area contributed by atoms with Gasteiger partial charge in [-0.2, -0.15) is 0 Å². The molecule has 96 valence electrons. The molecule has 0 aliphatic heterocycles. The molecule has 0 unspecified atom stereocenters. The van der Waals surface area contributed by atoms with Gasteiger partial charge in [0.25, 0.3) is 0 Å². The lowest BCUT2D eigenvalue weighted by Gasteiger charge is -2.05. The predicted molar refractivity (Wildman–Crippen MR) is 86.5 cm³/mol. The number of hydrogen-bond donors (Lipinski definition) is 1. The minimum atomic E-state index is 0.929. The van der Waals surface area contributed by atoms with Crippen LogP contribution >= 0.6 is 27.3 Å². The second-order valence-electron chi connectivity index (χ2n) is 4.63. The van der Waals surface area contributed by atoms with Crippen LogP contribution in [0.3, 0.4) is 0 Å². The van der Waals surface area contributed by atoms with Gasteiger partial charge in [-0.05, 0) is 55.3 Å². The zero-order valence-electron chi connectivity index (χ0n) is 10.7. The summed E-state index contributed by atoms with van der Waals surface area (Å²) in [5.41, 5.74) is 4.63. The largest absolute Gasteiger partial charge is 0.332 e. The third-order valence-corrected chi connectivity index (χ3v) is 4.25. The van der Waals surface area contributed by atoms with E-state index in [-0.39, 0.29) is 0 Å². The molecule has 0 amide bonds. The molecule has 2 nitrogen and oxygen atoms in total. The van der Waals surface area contributed by atoms with E-state index in [1.807, 2.05) is 12.1 Å². The van der Waals surface area contributed by atoms with E-state index in [1.165, 1.54) is 15.8 Å². The Morgan fingerprint density at radius 1 is 1.05 bits per heavy atom. The quantitative estimate of drug-likeness (QED) is 0.677. The van der Waals surface area contributed by atoms with Crippen molar-refractivity contribution in [1.82, 2.24) is 4.98 Å². The number of nitrogens with zero attached hydrogens (tertiary/aromatic N) is 1. The molecule has 1 heterocycles. The minimum Gasteiger partial charge on any atom is -0.332 e. The molecule has 0 fully saturated rings. The Kier molecular flexibility index (Phi) is 3.29. The summed E-state index contributed by atoms with van der Waals surface area (Å²) >= 11 is 5.15. The van der Waals surface area contributed by atoms with Crippen LogP contribution in [0.15, 0.2) is 40.9 Å². The van der Waals surface area contributed by atoms with Crippen LogP contribution in [-0.4, -0.2) is 4.98 Å². The van der Waals surface area contributed by atoms with E-state index in [0.29, 0.717) is 0 Å². The Labute approximate surface area is 124 Å². The summed E-state index contributed by atoms with van der Waals surface area (Å²) < 4.78 is 2.27. The molecule has 3 rings (SSSR count). The Balaban J connectivity index is 1.96.